The summed E-state index contributed by atoms with van der Waals surface area (Å²) < 4.78 is 0.0840. The maximum absolute atomic E-state index is 11.9. The summed E-state index contributed by atoms with van der Waals surface area (Å²) in [6.07, 6.45) is 2.95. The fraction of sp³-hybridized carbons (Fsp3) is 0.882. The van der Waals surface area contributed by atoms with Gasteiger partial charge in [-0.2, -0.15) is 0 Å². The lowest BCUT2D eigenvalue weighted by Crippen LogP contribution is -2.29. The Kier molecular flexibility index (Phi) is 12.3. The Morgan fingerprint density at radius 2 is 1.75 bits per heavy atom. The average Bonchev–Trinajstić information content (AvgIpc) is 2.48. The molecule has 0 aliphatic carbocycles. The van der Waals surface area contributed by atoms with E-state index < -0.39 is 0 Å². The summed E-state index contributed by atoms with van der Waals surface area (Å²) in [5.41, 5.74) is -0.241. The Balaban J connectivity index is 3.73. The molecule has 0 saturated heterocycles. The van der Waals surface area contributed by atoms with Crippen molar-refractivity contribution in [3.05, 3.63) is 0 Å². The lowest BCUT2D eigenvalue weighted by Gasteiger charge is -2.20. The second-order valence-corrected chi connectivity index (χ2v) is 12.4. The van der Waals surface area contributed by atoms with E-state index in [1.807, 2.05) is 20.8 Å². The molecular formula is C17H33NO2S4. The van der Waals surface area contributed by atoms with Crippen molar-refractivity contribution in [2.24, 2.45) is 5.41 Å². The van der Waals surface area contributed by atoms with E-state index >= 15 is 0 Å². The molecule has 0 aromatic carbocycles. The van der Waals surface area contributed by atoms with Crippen LogP contribution in [0.4, 0.5) is 0 Å². The molecule has 0 rings (SSSR count). The Hall–Kier alpha value is 0.540. The van der Waals surface area contributed by atoms with Crippen molar-refractivity contribution in [3.63, 3.8) is 0 Å². The number of carbonyl (C=O) groups is 2. The van der Waals surface area contributed by atoms with Crippen LogP contribution in [-0.4, -0.2) is 34.0 Å². The van der Waals surface area contributed by atoms with Gasteiger partial charge in [0.2, 0.25) is 5.91 Å². The van der Waals surface area contributed by atoms with Gasteiger partial charge in [-0.25, -0.2) is 0 Å². The lowest BCUT2D eigenvalue weighted by atomic mass is 9.89. The lowest BCUT2D eigenvalue weighted by molar-refractivity contribution is -0.125. The minimum atomic E-state index is -0.241. The molecule has 0 fully saturated rings. The molecule has 0 heterocycles. The third-order valence-electron chi connectivity index (χ3n) is 3.56. The molecule has 0 bridgehead atoms. The standard InChI is InChI=1S/C17H33NO2S4/c1-13(23-22-12-9-14(19)16(2,3)4)7-8-15(20)18-11-10-17(5,6)24-21/h13,21H,7-12H2,1-6H3,(H,18,20). The van der Waals surface area contributed by atoms with Gasteiger partial charge in [-0.3, -0.25) is 9.59 Å². The molecule has 142 valence electrons. The highest BCUT2D eigenvalue weighted by molar-refractivity contribution is 8.76. The number of Topliss-reactive ketones (excluding diaryl/α,β-unsaturated/α-hetero) is 1. The fourth-order valence-electron chi connectivity index (χ4n) is 1.69. The van der Waals surface area contributed by atoms with Crippen LogP contribution in [0, 0.1) is 5.41 Å². The van der Waals surface area contributed by atoms with E-state index in [4.69, 9.17) is 0 Å². The van der Waals surface area contributed by atoms with Gasteiger partial charge in [0, 0.05) is 40.6 Å². The number of hydrogen-bond acceptors (Lipinski definition) is 6. The third kappa shape index (κ3) is 12.8. The molecule has 1 unspecified atom stereocenters. The predicted octanol–water partition coefficient (Wildman–Crippen LogP) is 5.40. The maximum atomic E-state index is 11.9. The van der Waals surface area contributed by atoms with Gasteiger partial charge in [0.25, 0.3) is 0 Å². The van der Waals surface area contributed by atoms with Crippen LogP contribution in [0.2, 0.25) is 0 Å². The highest BCUT2D eigenvalue weighted by Crippen LogP contribution is 2.31. The quantitative estimate of drug-likeness (QED) is 0.256. The van der Waals surface area contributed by atoms with Gasteiger partial charge < -0.3 is 5.32 Å². The predicted molar refractivity (Wildman–Crippen MR) is 116 cm³/mol. The van der Waals surface area contributed by atoms with Crippen molar-refractivity contribution in [1.29, 1.82) is 0 Å². The van der Waals surface area contributed by atoms with Gasteiger partial charge in [-0.15, -0.1) is 11.7 Å². The van der Waals surface area contributed by atoms with Crippen LogP contribution in [0.1, 0.15) is 67.2 Å². The van der Waals surface area contributed by atoms with Crippen LogP contribution in [0.3, 0.4) is 0 Å². The molecule has 7 heteroatoms. The van der Waals surface area contributed by atoms with E-state index in [1.54, 1.807) is 21.6 Å². The Labute approximate surface area is 165 Å². The molecule has 0 radical (unpaired) electrons. The fourth-order valence-corrected chi connectivity index (χ4v) is 4.50. The van der Waals surface area contributed by atoms with Gasteiger partial charge in [0.05, 0.1) is 0 Å². The topological polar surface area (TPSA) is 46.2 Å². The first kappa shape index (κ1) is 24.5. The van der Waals surface area contributed by atoms with Crippen molar-refractivity contribution in [3.8, 4) is 0 Å². The Morgan fingerprint density at radius 1 is 1.12 bits per heavy atom. The zero-order valence-electron chi connectivity index (χ0n) is 15.8. The molecule has 0 aromatic heterocycles. The first-order valence-electron chi connectivity index (χ1n) is 8.39. The molecule has 1 amide bonds. The number of ketones is 1. The summed E-state index contributed by atoms with van der Waals surface area (Å²) in [5.74, 6) is 1.27. The Bertz CT molecular complexity index is 395. The minimum Gasteiger partial charge on any atom is -0.356 e. The molecule has 1 N–H and O–H groups in total. The summed E-state index contributed by atoms with van der Waals surface area (Å²) in [4.78, 5) is 23.7. The number of carbonyl (C=O) groups excluding carboxylic acids is 2. The smallest absolute Gasteiger partial charge is 0.220 e. The van der Waals surface area contributed by atoms with Gasteiger partial charge in [-0.05, 0) is 26.7 Å². The summed E-state index contributed by atoms with van der Waals surface area (Å²) >= 11 is 4.24. The number of amides is 1. The molecule has 0 aromatic rings. The zero-order valence-corrected chi connectivity index (χ0v) is 19.2. The van der Waals surface area contributed by atoms with Gasteiger partial charge >= 0.3 is 0 Å². The number of nitrogens with one attached hydrogen (secondary N) is 1. The second kappa shape index (κ2) is 12.0. The van der Waals surface area contributed by atoms with Gasteiger partial charge in [0.1, 0.15) is 5.78 Å². The monoisotopic (exact) mass is 411 g/mol. The van der Waals surface area contributed by atoms with Crippen LogP contribution in [0.5, 0.6) is 0 Å². The first-order valence-corrected chi connectivity index (χ1v) is 12.6. The number of rotatable bonds is 12. The van der Waals surface area contributed by atoms with E-state index in [0.29, 0.717) is 30.4 Å². The number of thiol groups is 1. The largest absolute Gasteiger partial charge is 0.356 e. The molecule has 0 saturated carbocycles. The van der Waals surface area contributed by atoms with Crippen LogP contribution < -0.4 is 5.32 Å². The first-order chi connectivity index (χ1) is 11.0. The number of hydrogen-bond donors (Lipinski definition) is 2. The highest BCUT2D eigenvalue weighted by Gasteiger charge is 2.20. The van der Waals surface area contributed by atoms with Gasteiger partial charge in [0.15, 0.2) is 0 Å². The molecule has 1 atom stereocenters. The summed E-state index contributed by atoms with van der Waals surface area (Å²) in [6, 6.07) is 0. The molecule has 0 aliphatic heterocycles. The SMILES string of the molecule is CC(CCC(=O)NCCC(C)(C)SS)SSCCC(=O)C(C)(C)C. The van der Waals surface area contributed by atoms with Crippen LogP contribution in [0.15, 0.2) is 0 Å². The molecule has 24 heavy (non-hydrogen) atoms. The van der Waals surface area contributed by atoms with Crippen LogP contribution >= 0.6 is 44.0 Å². The van der Waals surface area contributed by atoms with E-state index in [-0.39, 0.29) is 16.1 Å². The van der Waals surface area contributed by atoms with E-state index in [1.165, 1.54) is 10.8 Å². The van der Waals surface area contributed by atoms with Gasteiger partial charge in [-0.1, -0.05) is 60.1 Å². The van der Waals surface area contributed by atoms with Crippen LogP contribution in [-0.2, 0) is 9.59 Å². The molecule has 0 spiro atoms. The highest BCUT2D eigenvalue weighted by atomic mass is 33.1. The molecule has 0 aliphatic rings. The van der Waals surface area contributed by atoms with Crippen molar-refractivity contribution >= 4 is 55.7 Å². The maximum Gasteiger partial charge on any atom is 0.220 e. The van der Waals surface area contributed by atoms with Crippen LogP contribution in [0.25, 0.3) is 0 Å². The molecular weight excluding hydrogens is 378 g/mol. The van der Waals surface area contributed by atoms with Crippen molar-refractivity contribution < 1.29 is 9.59 Å². The summed E-state index contributed by atoms with van der Waals surface area (Å²) in [5, 5.41) is 3.39. The van der Waals surface area contributed by atoms with Crippen molar-refractivity contribution in [2.75, 3.05) is 12.3 Å². The normalized spacial score (nSPS) is 13.6. The summed E-state index contributed by atoms with van der Waals surface area (Å²) in [7, 11) is 5.03. The van der Waals surface area contributed by atoms with E-state index in [0.717, 1.165) is 18.6 Å². The molecule has 3 nitrogen and oxygen atoms in total. The average molecular weight is 412 g/mol. The zero-order chi connectivity index (χ0) is 18.8. The Morgan fingerprint density at radius 3 is 2.29 bits per heavy atom. The second-order valence-electron chi connectivity index (χ2n) is 7.64. The van der Waals surface area contributed by atoms with E-state index in [2.05, 4.69) is 37.7 Å². The minimum absolute atomic E-state index is 0.0840. The van der Waals surface area contributed by atoms with Crippen molar-refractivity contribution in [1.82, 2.24) is 5.32 Å². The van der Waals surface area contributed by atoms with E-state index in [9.17, 15) is 9.59 Å². The van der Waals surface area contributed by atoms with Crippen molar-refractivity contribution in [2.45, 2.75) is 77.2 Å². The summed E-state index contributed by atoms with van der Waals surface area (Å²) in [6.45, 7) is 13.0. The third-order valence-corrected chi connectivity index (χ3v) is 8.70.